The number of carbonyl (C=O) groups excluding carboxylic acids is 2. The van der Waals surface area contributed by atoms with Crippen LogP contribution < -0.4 is 27.0 Å². The lowest BCUT2D eigenvalue weighted by molar-refractivity contribution is -0.122. The van der Waals surface area contributed by atoms with Crippen molar-refractivity contribution >= 4 is 34.7 Å². The van der Waals surface area contributed by atoms with Crippen LogP contribution in [0.25, 0.3) is 5.65 Å². The zero-order chi connectivity index (χ0) is 25.2. The maximum atomic E-state index is 13.5. The van der Waals surface area contributed by atoms with Gasteiger partial charge in [-0.25, -0.2) is 14.5 Å². The van der Waals surface area contributed by atoms with Crippen LogP contribution in [0.15, 0.2) is 30.6 Å². The number of hydrogen-bond acceptors (Lipinski definition) is 8. The van der Waals surface area contributed by atoms with E-state index >= 15 is 0 Å². The third kappa shape index (κ3) is 5.54. The van der Waals surface area contributed by atoms with Crippen LogP contribution in [0, 0.1) is 5.95 Å². The van der Waals surface area contributed by atoms with Gasteiger partial charge in [0.15, 0.2) is 11.3 Å². The summed E-state index contributed by atoms with van der Waals surface area (Å²) in [5.74, 6) is -0.649. The molecule has 0 bridgehead atoms. The summed E-state index contributed by atoms with van der Waals surface area (Å²) in [6, 6.07) is 4.73. The van der Waals surface area contributed by atoms with Gasteiger partial charge in [-0.2, -0.15) is 4.39 Å². The first-order chi connectivity index (χ1) is 17.4. The number of amides is 2. The van der Waals surface area contributed by atoms with Crippen LogP contribution >= 0.6 is 0 Å². The highest BCUT2D eigenvalue weighted by molar-refractivity contribution is 6.03. The molecule has 2 amide bonds. The Morgan fingerprint density at radius 1 is 1.06 bits per heavy atom. The molecule has 0 spiro atoms. The Balaban J connectivity index is 1.33. The van der Waals surface area contributed by atoms with E-state index in [9.17, 15) is 14.0 Å². The molecule has 0 aliphatic heterocycles. The fourth-order valence-corrected chi connectivity index (χ4v) is 4.35. The number of nitrogens with zero attached hydrogens (tertiary/aromatic N) is 4. The number of fused-ring (bicyclic) bond motifs is 1. The van der Waals surface area contributed by atoms with Crippen molar-refractivity contribution in [3.8, 4) is 0 Å². The smallest absolute Gasteiger partial charge is 0.276 e. The average Bonchev–Trinajstić information content (AvgIpc) is 3.55. The Hall–Kier alpha value is -3.80. The first kappa shape index (κ1) is 23.9. The first-order valence-electron chi connectivity index (χ1n) is 12.3. The predicted octanol–water partition coefficient (Wildman–Crippen LogP) is 2.28. The van der Waals surface area contributed by atoms with E-state index in [-0.39, 0.29) is 23.7 Å². The average molecular weight is 496 g/mol. The summed E-state index contributed by atoms with van der Waals surface area (Å²) >= 11 is 0. The highest BCUT2D eigenvalue weighted by atomic mass is 19.1. The maximum Gasteiger partial charge on any atom is 0.276 e. The van der Waals surface area contributed by atoms with Crippen LogP contribution in [0.4, 0.5) is 21.6 Å². The highest BCUT2D eigenvalue weighted by Crippen LogP contribution is 2.30. The molecule has 2 fully saturated rings. The van der Waals surface area contributed by atoms with Crippen LogP contribution in [-0.4, -0.2) is 55.6 Å². The van der Waals surface area contributed by atoms with Crippen molar-refractivity contribution in [3.63, 3.8) is 0 Å². The summed E-state index contributed by atoms with van der Waals surface area (Å²) in [6.07, 6.45) is 8.31. The van der Waals surface area contributed by atoms with E-state index < -0.39 is 17.9 Å². The van der Waals surface area contributed by atoms with E-state index in [0.29, 0.717) is 23.2 Å². The van der Waals surface area contributed by atoms with Gasteiger partial charge >= 0.3 is 0 Å². The molecule has 190 valence electrons. The molecule has 0 aromatic carbocycles. The molecule has 3 heterocycles. The number of imidazole rings is 1. The lowest BCUT2D eigenvalue weighted by Crippen LogP contribution is -2.46. The van der Waals surface area contributed by atoms with Crippen molar-refractivity contribution in [2.24, 2.45) is 5.73 Å². The summed E-state index contributed by atoms with van der Waals surface area (Å²) in [6.45, 7) is 1.68. The highest BCUT2D eigenvalue weighted by Gasteiger charge is 2.26. The number of hydrogen-bond donors (Lipinski definition) is 5. The summed E-state index contributed by atoms with van der Waals surface area (Å²) in [7, 11) is 0. The van der Waals surface area contributed by atoms with E-state index in [1.165, 1.54) is 23.0 Å². The topological polar surface area (TPSA) is 151 Å². The molecule has 12 heteroatoms. The van der Waals surface area contributed by atoms with Gasteiger partial charge in [-0.05, 0) is 51.5 Å². The van der Waals surface area contributed by atoms with Crippen molar-refractivity contribution in [2.45, 2.75) is 69.6 Å². The Morgan fingerprint density at radius 2 is 1.75 bits per heavy atom. The molecular formula is C24H30FN9O2. The van der Waals surface area contributed by atoms with Crippen LogP contribution in [0.3, 0.4) is 0 Å². The normalized spacial score (nSPS) is 20.5. The monoisotopic (exact) mass is 495 g/mol. The van der Waals surface area contributed by atoms with E-state index in [0.717, 1.165) is 50.3 Å². The van der Waals surface area contributed by atoms with Gasteiger partial charge in [0.25, 0.3) is 5.91 Å². The quantitative estimate of drug-likeness (QED) is 0.299. The van der Waals surface area contributed by atoms with Gasteiger partial charge < -0.3 is 27.0 Å². The minimum absolute atomic E-state index is 0.117. The fourth-order valence-electron chi connectivity index (χ4n) is 4.35. The van der Waals surface area contributed by atoms with Crippen molar-refractivity contribution in [1.29, 1.82) is 0 Å². The Labute approximate surface area is 207 Å². The lowest BCUT2D eigenvalue weighted by Gasteiger charge is -2.30. The minimum Gasteiger partial charge on any atom is -0.379 e. The van der Waals surface area contributed by atoms with Gasteiger partial charge in [0.2, 0.25) is 11.9 Å². The number of rotatable bonds is 8. The zero-order valence-electron chi connectivity index (χ0n) is 20.0. The van der Waals surface area contributed by atoms with Gasteiger partial charge in [0, 0.05) is 42.1 Å². The summed E-state index contributed by atoms with van der Waals surface area (Å²) in [5.41, 5.74) is 7.52. The van der Waals surface area contributed by atoms with Crippen LogP contribution in [0.1, 0.15) is 55.9 Å². The third-order valence-corrected chi connectivity index (χ3v) is 6.46. The Kier molecular flexibility index (Phi) is 6.68. The molecular weight excluding hydrogens is 465 g/mol. The van der Waals surface area contributed by atoms with Gasteiger partial charge in [0.05, 0.1) is 17.9 Å². The molecule has 6 N–H and O–H groups in total. The van der Waals surface area contributed by atoms with Crippen LogP contribution in [0.5, 0.6) is 0 Å². The molecule has 36 heavy (non-hydrogen) atoms. The van der Waals surface area contributed by atoms with Crippen LogP contribution in [-0.2, 0) is 4.79 Å². The van der Waals surface area contributed by atoms with Crippen molar-refractivity contribution in [2.75, 3.05) is 16.0 Å². The van der Waals surface area contributed by atoms with E-state index in [1.54, 1.807) is 6.92 Å². The number of carbonyl (C=O) groups is 2. The Morgan fingerprint density at radius 3 is 2.44 bits per heavy atom. The summed E-state index contributed by atoms with van der Waals surface area (Å²) < 4.78 is 15.0. The molecule has 11 nitrogen and oxygen atoms in total. The molecule has 0 unspecified atom stereocenters. The standard InChI is InChI=1S/C24H30FN9O2/c1-13(26)23(35)31-16-6-4-15(5-7-16)30-21-11-18(29-14-2-3-14)22-28-12-19(34(22)33-21)24(36)32-17-8-9-27-20(25)10-17/h8-16,29H,2-7,26H2,1H3,(H,30,33)(H,31,35)(H,27,32,36)/t13-,15-,16-/m1/s1. The molecule has 2 aliphatic carbocycles. The lowest BCUT2D eigenvalue weighted by atomic mass is 9.91. The molecule has 0 radical (unpaired) electrons. The van der Waals surface area contributed by atoms with E-state index in [1.807, 2.05) is 6.07 Å². The number of nitrogens with two attached hydrogens (primary N) is 1. The van der Waals surface area contributed by atoms with Gasteiger partial charge in [-0.1, -0.05) is 0 Å². The Bertz CT molecular complexity index is 1270. The number of aromatic nitrogens is 4. The summed E-state index contributed by atoms with van der Waals surface area (Å²) in [5, 5.41) is 17.3. The predicted molar refractivity (Wildman–Crippen MR) is 133 cm³/mol. The molecule has 3 aromatic rings. The second-order valence-electron chi connectivity index (χ2n) is 9.55. The number of anilines is 3. The molecule has 1 atom stereocenters. The number of pyridine rings is 1. The number of halogens is 1. The minimum atomic E-state index is -0.682. The van der Waals surface area contributed by atoms with Crippen molar-refractivity contribution in [3.05, 3.63) is 42.2 Å². The van der Waals surface area contributed by atoms with Crippen molar-refractivity contribution in [1.82, 2.24) is 24.9 Å². The van der Waals surface area contributed by atoms with Crippen LogP contribution in [0.2, 0.25) is 0 Å². The molecule has 3 aromatic heterocycles. The SMILES string of the molecule is C[C@@H](N)C(=O)N[C@H]1CC[C@H](Nc2cc(NC3CC3)c3ncc(C(=O)Nc4ccnc(F)c4)n3n2)CC1. The third-order valence-electron chi connectivity index (χ3n) is 6.46. The first-order valence-corrected chi connectivity index (χ1v) is 12.3. The molecule has 5 rings (SSSR count). The van der Waals surface area contributed by atoms with Gasteiger partial charge in [0.1, 0.15) is 5.82 Å². The van der Waals surface area contributed by atoms with E-state index in [2.05, 4.69) is 36.3 Å². The van der Waals surface area contributed by atoms with Gasteiger partial charge in [-0.3, -0.25) is 9.59 Å². The second kappa shape index (κ2) is 10.1. The molecule has 0 saturated heterocycles. The maximum absolute atomic E-state index is 13.5. The fraction of sp³-hybridized carbons (Fsp3) is 0.458. The van der Waals surface area contributed by atoms with Crippen molar-refractivity contribution < 1.29 is 14.0 Å². The zero-order valence-corrected chi connectivity index (χ0v) is 20.0. The second-order valence-corrected chi connectivity index (χ2v) is 9.55. The number of nitrogens with one attached hydrogen (secondary N) is 4. The summed E-state index contributed by atoms with van der Waals surface area (Å²) in [4.78, 5) is 32.8. The van der Waals surface area contributed by atoms with E-state index in [4.69, 9.17) is 5.73 Å². The van der Waals surface area contributed by atoms with Gasteiger partial charge in [-0.15, -0.1) is 5.10 Å². The molecule has 2 saturated carbocycles. The molecule has 2 aliphatic rings. The largest absolute Gasteiger partial charge is 0.379 e.